The second-order valence-electron chi connectivity index (χ2n) is 3.99. The summed E-state index contributed by atoms with van der Waals surface area (Å²) in [6.07, 6.45) is 2.29. The molecule has 1 nitrogen and oxygen atoms in total. The molecule has 0 saturated carbocycles. The smallest absolute Gasteiger partial charge is 0.123 e. The van der Waals surface area contributed by atoms with Crippen molar-refractivity contribution in [3.8, 4) is 5.75 Å². The molecule has 0 spiro atoms. The standard InChI is InChI=1S/C14H14O/c1-2-15-13-9-7-11-5-3-4-10-6-8-12(13)14(10)11/h3-5,7,9H,2,6,8H2,1H3. The van der Waals surface area contributed by atoms with Gasteiger partial charge in [-0.05, 0) is 42.2 Å². The quantitative estimate of drug-likeness (QED) is 0.719. The molecule has 0 radical (unpaired) electrons. The van der Waals surface area contributed by atoms with Gasteiger partial charge in [0.1, 0.15) is 5.75 Å². The van der Waals surface area contributed by atoms with Gasteiger partial charge < -0.3 is 4.74 Å². The van der Waals surface area contributed by atoms with Crippen molar-refractivity contribution in [2.24, 2.45) is 0 Å². The molecule has 1 heteroatoms. The fourth-order valence-electron chi connectivity index (χ4n) is 2.52. The molecule has 0 atom stereocenters. The molecule has 2 aromatic rings. The minimum absolute atomic E-state index is 0.751. The van der Waals surface area contributed by atoms with Gasteiger partial charge in [-0.15, -0.1) is 0 Å². The number of hydrogen-bond donors (Lipinski definition) is 0. The van der Waals surface area contributed by atoms with Crippen LogP contribution in [-0.4, -0.2) is 6.61 Å². The van der Waals surface area contributed by atoms with E-state index in [-0.39, 0.29) is 0 Å². The van der Waals surface area contributed by atoms with Crippen LogP contribution in [0.5, 0.6) is 5.75 Å². The summed E-state index contributed by atoms with van der Waals surface area (Å²) in [7, 11) is 0. The molecule has 0 aromatic heterocycles. The molecule has 0 unspecified atom stereocenters. The lowest BCUT2D eigenvalue weighted by Gasteiger charge is -2.09. The van der Waals surface area contributed by atoms with E-state index in [2.05, 4.69) is 30.3 Å². The highest BCUT2D eigenvalue weighted by Crippen LogP contribution is 2.36. The van der Waals surface area contributed by atoms with Crippen molar-refractivity contribution < 1.29 is 4.74 Å². The summed E-state index contributed by atoms with van der Waals surface area (Å²) < 4.78 is 5.67. The minimum Gasteiger partial charge on any atom is -0.494 e. The molecule has 0 heterocycles. The number of rotatable bonds is 2. The van der Waals surface area contributed by atoms with Crippen molar-refractivity contribution in [3.63, 3.8) is 0 Å². The predicted molar refractivity (Wildman–Crippen MR) is 62.5 cm³/mol. The summed E-state index contributed by atoms with van der Waals surface area (Å²) in [5.41, 5.74) is 2.88. The molecule has 0 saturated heterocycles. The Hall–Kier alpha value is -1.50. The van der Waals surface area contributed by atoms with Crippen molar-refractivity contribution in [2.45, 2.75) is 19.8 Å². The molecule has 1 aliphatic rings. The lowest BCUT2D eigenvalue weighted by atomic mass is 10.0. The number of benzene rings is 2. The Balaban J connectivity index is 2.30. The highest BCUT2D eigenvalue weighted by Gasteiger charge is 2.17. The molecule has 3 rings (SSSR count). The molecular weight excluding hydrogens is 184 g/mol. The molecule has 0 fully saturated rings. The minimum atomic E-state index is 0.751. The van der Waals surface area contributed by atoms with Crippen LogP contribution < -0.4 is 4.74 Å². The van der Waals surface area contributed by atoms with E-state index in [1.54, 1.807) is 0 Å². The first-order chi connectivity index (χ1) is 7.40. The fraction of sp³-hybridized carbons (Fsp3) is 0.286. The molecule has 76 valence electrons. The largest absolute Gasteiger partial charge is 0.494 e. The van der Waals surface area contributed by atoms with Gasteiger partial charge in [-0.3, -0.25) is 0 Å². The van der Waals surface area contributed by atoms with Crippen molar-refractivity contribution in [2.75, 3.05) is 6.61 Å². The van der Waals surface area contributed by atoms with Crippen LogP contribution in [-0.2, 0) is 12.8 Å². The van der Waals surface area contributed by atoms with Crippen LogP contribution in [0, 0.1) is 0 Å². The molecule has 15 heavy (non-hydrogen) atoms. The summed E-state index contributed by atoms with van der Waals surface area (Å²) in [6.45, 7) is 2.79. The monoisotopic (exact) mass is 198 g/mol. The zero-order chi connectivity index (χ0) is 10.3. The van der Waals surface area contributed by atoms with E-state index in [1.807, 2.05) is 6.92 Å². The van der Waals surface area contributed by atoms with E-state index in [0.29, 0.717) is 0 Å². The Kier molecular flexibility index (Phi) is 1.91. The molecule has 0 N–H and O–H groups in total. The highest BCUT2D eigenvalue weighted by molar-refractivity contribution is 5.92. The maximum atomic E-state index is 5.67. The Bertz CT molecular complexity index is 514. The third kappa shape index (κ3) is 1.23. The first-order valence-electron chi connectivity index (χ1n) is 5.56. The highest BCUT2D eigenvalue weighted by atomic mass is 16.5. The third-order valence-corrected chi connectivity index (χ3v) is 3.14. The molecule has 2 aromatic carbocycles. The van der Waals surface area contributed by atoms with Gasteiger partial charge in [0.2, 0.25) is 0 Å². The molecular formula is C14H14O. The number of aryl methyl sites for hydroxylation is 2. The summed E-state index contributed by atoms with van der Waals surface area (Å²) in [5.74, 6) is 1.08. The zero-order valence-electron chi connectivity index (χ0n) is 8.92. The second-order valence-corrected chi connectivity index (χ2v) is 3.99. The maximum Gasteiger partial charge on any atom is 0.123 e. The van der Waals surface area contributed by atoms with Crippen molar-refractivity contribution in [3.05, 3.63) is 41.5 Å². The summed E-state index contributed by atoms with van der Waals surface area (Å²) in [5, 5.41) is 2.78. The Labute approximate surface area is 89.7 Å². The summed E-state index contributed by atoms with van der Waals surface area (Å²) in [6, 6.07) is 10.8. The Morgan fingerprint density at radius 3 is 2.93 bits per heavy atom. The van der Waals surface area contributed by atoms with Gasteiger partial charge in [0.25, 0.3) is 0 Å². The van der Waals surface area contributed by atoms with Crippen LogP contribution in [0.4, 0.5) is 0 Å². The molecule has 0 aliphatic heterocycles. The number of ether oxygens (including phenoxy) is 1. The first-order valence-corrected chi connectivity index (χ1v) is 5.56. The lowest BCUT2D eigenvalue weighted by Crippen LogP contribution is -1.95. The van der Waals surface area contributed by atoms with Gasteiger partial charge in [0, 0.05) is 5.56 Å². The average Bonchev–Trinajstić information content (AvgIpc) is 2.69. The molecule has 0 bridgehead atoms. The fourth-order valence-corrected chi connectivity index (χ4v) is 2.52. The van der Waals surface area contributed by atoms with Gasteiger partial charge in [-0.2, -0.15) is 0 Å². The van der Waals surface area contributed by atoms with Crippen LogP contribution in [0.1, 0.15) is 18.1 Å². The van der Waals surface area contributed by atoms with Gasteiger partial charge in [-0.25, -0.2) is 0 Å². The van der Waals surface area contributed by atoms with Gasteiger partial charge >= 0.3 is 0 Å². The second kappa shape index (κ2) is 3.27. The maximum absolute atomic E-state index is 5.67. The van der Waals surface area contributed by atoms with Crippen molar-refractivity contribution >= 4 is 10.8 Å². The van der Waals surface area contributed by atoms with Crippen LogP contribution in [0.2, 0.25) is 0 Å². The predicted octanol–water partition coefficient (Wildman–Crippen LogP) is 3.34. The number of hydrogen-bond acceptors (Lipinski definition) is 1. The van der Waals surface area contributed by atoms with E-state index in [9.17, 15) is 0 Å². The Morgan fingerprint density at radius 1 is 1.13 bits per heavy atom. The average molecular weight is 198 g/mol. The van der Waals surface area contributed by atoms with Crippen LogP contribution in [0.25, 0.3) is 10.8 Å². The van der Waals surface area contributed by atoms with E-state index >= 15 is 0 Å². The van der Waals surface area contributed by atoms with E-state index in [1.165, 1.54) is 21.9 Å². The van der Waals surface area contributed by atoms with Gasteiger partial charge in [0.15, 0.2) is 0 Å². The van der Waals surface area contributed by atoms with E-state index in [4.69, 9.17) is 4.74 Å². The van der Waals surface area contributed by atoms with Crippen LogP contribution in [0.15, 0.2) is 30.3 Å². The zero-order valence-corrected chi connectivity index (χ0v) is 8.92. The third-order valence-electron chi connectivity index (χ3n) is 3.14. The van der Waals surface area contributed by atoms with Crippen LogP contribution in [0.3, 0.4) is 0 Å². The van der Waals surface area contributed by atoms with Gasteiger partial charge in [0.05, 0.1) is 6.61 Å². The first kappa shape index (κ1) is 8.78. The topological polar surface area (TPSA) is 9.23 Å². The van der Waals surface area contributed by atoms with E-state index < -0.39 is 0 Å². The van der Waals surface area contributed by atoms with Gasteiger partial charge in [-0.1, -0.05) is 24.3 Å². The van der Waals surface area contributed by atoms with Crippen molar-refractivity contribution in [1.29, 1.82) is 0 Å². The lowest BCUT2D eigenvalue weighted by molar-refractivity contribution is 0.337. The molecule has 1 aliphatic carbocycles. The molecule has 0 amide bonds. The van der Waals surface area contributed by atoms with Crippen LogP contribution >= 0.6 is 0 Å². The normalized spacial score (nSPS) is 13.4. The van der Waals surface area contributed by atoms with Crippen molar-refractivity contribution in [1.82, 2.24) is 0 Å². The Morgan fingerprint density at radius 2 is 2.07 bits per heavy atom. The summed E-state index contributed by atoms with van der Waals surface area (Å²) in [4.78, 5) is 0. The van der Waals surface area contributed by atoms with E-state index in [0.717, 1.165) is 25.2 Å². The SMILES string of the molecule is CCOc1ccc2cccc3c2c1CC3. The summed E-state index contributed by atoms with van der Waals surface area (Å²) >= 11 is 0.